The van der Waals surface area contributed by atoms with Crippen molar-refractivity contribution in [2.24, 2.45) is 5.89 Å². The third-order valence-corrected chi connectivity index (χ3v) is 6.13. The van der Waals surface area contributed by atoms with Gasteiger partial charge >= 0.3 is 0 Å². The molecule has 0 bridgehead atoms. The fourth-order valence-electron chi connectivity index (χ4n) is 4.25. The summed E-state index contributed by atoms with van der Waals surface area (Å²) in [4.78, 5) is 19.5. The van der Waals surface area contributed by atoms with Crippen LogP contribution in [-0.4, -0.2) is 60.7 Å². The summed E-state index contributed by atoms with van der Waals surface area (Å²) in [7, 11) is 1.31. The Morgan fingerprint density at radius 1 is 1.50 bits per heavy atom. The minimum absolute atomic E-state index is 0.00880. The van der Waals surface area contributed by atoms with Crippen LogP contribution in [-0.2, 0) is 27.3 Å². The molecular formula is C25H36N4O3. The Kier molecular flexibility index (Phi) is 3.80. The van der Waals surface area contributed by atoms with E-state index >= 15 is 0 Å². The first-order valence-corrected chi connectivity index (χ1v) is 10.8. The van der Waals surface area contributed by atoms with Crippen molar-refractivity contribution < 1.29 is 28.0 Å². The van der Waals surface area contributed by atoms with E-state index in [9.17, 15) is 11.4 Å². The van der Waals surface area contributed by atoms with Crippen LogP contribution >= 0.6 is 0 Å². The summed E-state index contributed by atoms with van der Waals surface area (Å²) in [6.45, 7) is -7.95. The number of nitrogens with zero attached hydrogens (tertiary/aromatic N) is 4. The largest absolute Gasteiger partial charge is 0.384 e. The summed E-state index contributed by atoms with van der Waals surface area (Å²) >= 11 is 0. The SMILES string of the molecule is [2H]C1([2H])CN(C(=O)CCOC)[C@]([2H])(C([2H])(C([2H])([2H])[2H])C([2H])([2H])[2H])CN1c1nc(C2CC2)c2c(c1C#N)CC(C)(C)OC2. The number of rotatable bonds is 6. The molecule has 4 rings (SSSR count). The van der Waals surface area contributed by atoms with Gasteiger partial charge in [-0.25, -0.2) is 4.98 Å². The van der Waals surface area contributed by atoms with Gasteiger partial charge in [-0.1, -0.05) is 13.7 Å². The molecule has 174 valence electrons. The molecule has 1 aliphatic carbocycles. The van der Waals surface area contributed by atoms with E-state index in [0.717, 1.165) is 23.3 Å². The zero-order valence-electron chi connectivity index (χ0n) is 28.7. The zero-order chi connectivity index (χ0) is 31.7. The van der Waals surface area contributed by atoms with E-state index in [-0.39, 0.29) is 30.5 Å². The Labute approximate surface area is 205 Å². The fraction of sp³-hybridized carbons (Fsp3) is 0.720. The number of amides is 1. The first kappa shape index (κ1) is 13.5. The molecule has 2 fully saturated rings. The summed E-state index contributed by atoms with van der Waals surface area (Å²) in [5, 5.41) is 10.4. The highest BCUT2D eigenvalue weighted by Gasteiger charge is 2.39. The highest BCUT2D eigenvalue weighted by molar-refractivity contribution is 5.77. The second kappa shape index (κ2) is 8.99. The van der Waals surface area contributed by atoms with E-state index in [1.807, 2.05) is 13.8 Å². The summed E-state index contributed by atoms with van der Waals surface area (Å²) in [6.07, 6.45) is 1.54. The molecule has 0 spiro atoms. The van der Waals surface area contributed by atoms with Gasteiger partial charge in [0.15, 0.2) is 0 Å². The normalized spacial score (nSPS) is 32.2. The Bertz CT molecular complexity index is 1270. The first-order valence-electron chi connectivity index (χ1n) is 15.8. The Morgan fingerprint density at radius 3 is 2.94 bits per heavy atom. The lowest BCUT2D eigenvalue weighted by atomic mass is 9.87. The van der Waals surface area contributed by atoms with E-state index < -0.39 is 63.1 Å². The average Bonchev–Trinajstić information content (AvgIpc) is 3.70. The van der Waals surface area contributed by atoms with Gasteiger partial charge < -0.3 is 19.3 Å². The van der Waals surface area contributed by atoms with Crippen LogP contribution in [0.5, 0.6) is 0 Å². The number of ether oxygens (including phenoxy) is 2. The van der Waals surface area contributed by atoms with Crippen LogP contribution in [0, 0.1) is 17.2 Å². The molecular weight excluding hydrogens is 404 g/mol. The van der Waals surface area contributed by atoms with Gasteiger partial charge in [-0.15, -0.1) is 0 Å². The Morgan fingerprint density at radius 2 is 2.28 bits per heavy atom. The standard InChI is InChI=1S/C25H36N4O3/c1-16(2)21-14-28(9-10-29(21)22(30)8-11-31-5)24-19(13-26)18-12-25(3,4)32-15-20(18)23(27-24)17-6-7-17/h16-17,21H,6-12,14-15H2,1-5H3/t21-/m0/s1/i1D3,2D3,9D2,16D,21D. The van der Waals surface area contributed by atoms with Crippen LogP contribution in [0.15, 0.2) is 0 Å². The van der Waals surface area contributed by atoms with Gasteiger partial charge in [0.2, 0.25) is 5.91 Å². The summed E-state index contributed by atoms with van der Waals surface area (Å²) in [6, 6.07) is -0.904. The molecule has 1 amide bonds. The lowest BCUT2D eigenvalue weighted by molar-refractivity contribution is -0.135. The van der Waals surface area contributed by atoms with Crippen LogP contribution in [0.25, 0.3) is 0 Å². The van der Waals surface area contributed by atoms with Gasteiger partial charge in [0.25, 0.3) is 0 Å². The number of pyridine rings is 1. The molecule has 1 aromatic rings. The van der Waals surface area contributed by atoms with E-state index in [2.05, 4.69) is 6.07 Å². The van der Waals surface area contributed by atoms with Crippen LogP contribution in [0.3, 0.4) is 0 Å². The van der Waals surface area contributed by atoms with Crippen molar-refractivity contribution in [2.45, 2.75) is 77.4 Å². The highest BCUT2D eigenvalue weighted by Crippen LogP contribution is 2.46. The number of hydrogen-bond donors (Lipinski definition) is 0. The summed E-state index contributed by atoms with van der Waals surface area (Å²) in [5.74, 6) is -4.63. The monoisotopic (exact) mass is 450 g/mol. The first-order chi connectivity index (χ1) is 19.1. The highest BCUT2D eigenvalue weighted by atomic mass is 16.5. The van der Waals surface area contributed by atoms with E-state index in [0.29, 0.717) is 22.6 Å². The predicted octanol–water partition coefficient (Wildman–Crippen LogP) is 3.39. The lowest BCUT2D eigenvalue weighted by Gasteiger charge is -2.44. The Balaban J connectivity index is 1.98. The number of carbonyl (C=O) groups excluding carboxylic acids is 1. The van der Waals surface area contributed by atoms with Crippen molar-refractivity contribution >= 4 is 11.7 Å². The maximum absolute atomic E-state index is 13.4. The van der Waals surface area contributed by atoms with E-state index in [1.54, 1.807) is 0 Å². The molecule has 7 nitrogen and oxygen atoms in total. The maximum Gasteiger partial charge on any atom is 0.225 e. The third kappa shape index (κ3) is 4.49. The molecule has 1 aromatic heterocycles. The van der Waals surface area contributed by atoms with Crippen molar-refractivity contribution in [1.82, 2.24) is 9.88 Å². The van der Waals surface area contributed by atoms with Gasteiger partial charge in [0.05, 0.1) is 46.6 Å². The number of anilines is 1. The molecule has 0 unspecified atom stereocenters. The number of nitriles is 1. The van der Waals surface area contributed by atoms with Crippen molar-refractivity contribution in [1.29, 1.82) is 5.26 Å². The van der Waals surface area contributed by atoms with Crippen LogP contribution < -0.4 is 4.90 Å². The van der Waals surface area contributed by atoms with Gasteiger partial charge in [-0.05, 0) is 38.1 Å². The number of fused-ring (bicyclic) bond motifs is 1. The van der Waals surface area contributed by atoms with Crippen molar-refractivity contribution in [3.63, 3.8) is 0 Å². The van der Waals surface area contributed by atoms with Crippen LogP contribution in [0.1, 0.15) is 88.8 Å². The van der Waals surface area contributed by atoms with E-state index in [4.69, 9.17) is 26.8 Å². The molecule has 3 heterocycles. The van der Waals surface area contributed by atoms with Gasteiger partial charge in [-0.2, -0.15) is 5.26 Å². The quantitative estimate of drug-likeness (QED) is 0.661. The smallest absolute Gasteiger partial charge is 0.225 e. The second-order valence-corrected chi connectivity index (χ2v) is 9.05. The summed E-state index contributed by atoms with van der Waals surface area (Å²) < 4.78 is 95.8. The number of methoxy groups -OCH3 is 1. The van der Waals surface area contributed by atoms with Gasteiger partial charge in [0, 0.05) is 54.2 Å². The van der Waals surface area contributed by atoms with Crippen molar-refractivity contribution in [2.75, 3.05) is 38.2 Å². The number of piperazine rings is 1. The molecule has 1 saturated carbocycles. The van der Waals surface area contributed by atoms with Crippen LogP contribution in [0.2, 0.25) is 0 Å². The molecule has 7 heteroatoms. The maximum atomic E-state index is 13.4. The molecule has 2 aliphatic heterocycles. The number of aromatic nitrogens is 1. The molecule has 3 aliphatic rings. The molecule has 0 radical (unpaired) electrons. The second-order valence-electron chi connectivity index (χ2n) is 9.05. The van der Waals surface area contributed by atoms with Gasteiger partial charge in [0.1, 0.15) is 11.9 Å². The topological polar surface area (TPSA) is 78.7 Å². The molecule has 1 atom stereocenters. The Hall–Kier alpha value is -2.17. The lowest BCUT2D eigenvalue weighted by Crippen LogP contribution is -2.57. The molecule has 32 heavy (non-hydrogen) atoms. The zero-order valence-corrected chi connectivity index (χ0v) is 18.7. The average molecular weight is 451 g/mol. The number of carbonyl (C=O) groups is 1. The minimum atomic E-state index is -3.60. The minimum Gasteiger partial charge on any atom is -0.384 e. The van der Waals surface area contributed by atoms with Gasteiger partial charge in [-0.3, -0.25) is 4.79 Å². The van der Waals surface area contributed by atoms with Crippen molar-refractivity contribution in [3.8, 4) is 6.07 Å². The molecule has 0 N–H and O–H groups in total. The fourth-order valence-corrected chi connectivity index (χ4v) is 4.25. The third-order valence-electron chi connectivity index (χ3n) is 6.13. The van der Waals surface area contributed by atoms with E-state index in [1.165, 1.54) is 7.11 Å². The summed E-state index contributed by atoms with van der Waals surface area (Å²) in [5.41, 5.74) is 1.32. The predicted molar refractivity (Wildman–Crippen MR) is 123 cm³/mol. The number of hydrogen-bond acceptors (Lipinski definition) is 6. The molecule has 0 aromatic carbocycles. The molecule has 1 saturated heterocycles. The van der Waals surface area contributed by atoms with Crippen molar-refractivity contribution in [3.05, 3.63) is 22.4 Å². The van der Waals surface area contributed by atoms with Crippen LogP contribution in [0.4, 0.5) is 5.82 Å².